The molecular weight excluding hydrogens is 321 g/mol. The Labute approximate surface area is 145 Å². The molecule has 0 aliphatic heterocycles. The third-order valence-corrected chi connectivity index (χ3v) is 3.55. The Morgan fingerprint density at radius 2 is 1.88 bits per heavy atom. The monoisotopic (exact) mass is 339 g/mol. The van der Waals surface area contributed by atoms with Crippen LogP contribution in [-0.2, 0) is 6.42 Å². The first kappa shape index (κ1) is 16.6. The highest BCUT2D eigenvalue weighted by Crippen LogP contribution is 2.25. The Bertz CT molecular complexity index is 826. The van der Waals surface area contributed by atoms with Crippen molar-refractivity contribution in [2.24, 2.45) is 0 Å². The van der Waals surface area contributed by atoms with Gasteiger partial charge in [0.05, 0.1) is 19.0 Å². The van der Waals surface area contributed by atoms with E-state index < -0.39 is 0 Å². The van der Waals surface area contributed by atoms with Crippen molar-refractivity contribution >= 4 is 17.5 Å². The van der Waals surface area contributed by atoms with Crippen LogP contribution in [0.3, 0.4) is 0 Å². The number of rotatable bonds is 7. The highest BCUT2D eigenvalue weighted by molar-refractivity contribution is 5.62. The fourth-order valence-electron chi connectivity index (χ4n) is 2.30. The molecule has 0 amide bonds. The second kappa shape index (κ2) is 8.05. The summed E-state index contributed by atoms with van der Waals surface area (Å²) in [6.45, 7) is 0.651. The molecule has 0 saturated carbocycles. The summed E-state index contributed by atoms with van der Waals surface area (Å²) in [5.74, 6) is 1.44. The number of anilines is 3. The van der Waals surface area contributed by atoms with Crippen molar-refractivity contribution in [3.05, 3.63) is 66.1 Å². The Balaban J connectivity index is 1.60. The number of para-hydroxylation sites is 2. The van der Waals surface area contributed by atoms with Crippen molar-refractivity contribution in [3.63, 3.8) is 0 Å². The van der Waals surface area contributed by atoms with Crippen LogP contribution in [0.4, 0.5) is 21.8 Å². The molecule has 0 saturated heterocycles. The van der Waals surface area contributed by atoms with Gasteiger partial charge in [-0.3, -0.25) is 0 Å². The quantitative estimate of drug-likeness (QED) is 0.687. The number of ether oxygens (including phenoxy) is 1. The first-order valence-corrected chi connectivity index (χ1v) is 7.82. The molecular formula is C18H18FN5O. The Hall–Kier alpha value is -3.22. The maximum absolute atomic E-state index is 12.9. The van der Waals surface area contributed by atoms with Crippen LogP contribution in [0.15, 0.2) is 54.7 Å². The summed E-state index contributed by atoms with van der Waals surface area (Å²) in [6, 6.07) is 13.9. The number of halogens is 1. The standard InChI is InChI=1S/C18H18FN5O/c1-25-16-5-3-2-4-15(16)22-18-23-17(12-21-24-18)20-11-10-13-6-8-14(19)9-7-13/h2-9,12H,10-11H2,1H3,(H2,20,22,23,24). The molecule has 0 atom stereocenters. The van der Waals surface area contributed by atoms with E-state index in [-0.39, 0.29) is 5.82 Å². The van der Waals surface area contributed by atoms with Crippen molar-refractivity contribution in [2.75, 3.05) is 24.3 Å². The lowest BCUT2D eigenvalue weighted by Crippen LogP contribution is -2.09. The van der Waals surface area contributed by atoms with Gasteiger partial charge in [0.15, 0.2) is 5.82 Å². The smallest absolute Gasteiger partial charge is 0.249 e. The van der Waals surface area contributed by atoms with E-state index in [2.05, 4.69) is 25.8 Å². The molecule has 0 aliphatic rings. The van der Waals surface area contributed by atoms with Gasteiger partial charge in [0.1, 0.15) is 11.6 Å². The van der Waals surface area contributed by atoms with Crippen molar-refractivity contribution < 1.29 is 9.13 Å². The zero-order chi connectivity index (χ0) is 17.5. The number of nitrogens with zero attached hydrogens (tertiary/aromatic N) is 3. The van der Waals surface area contributed by atoms with Crippen LogP contribution < -0.4 is 15.4 Å². The molecule has 25 heavy (non-hydrogen) atoms. The van der Waals surface area contributed by atoms with Crippen molar-refractivity contribution in [3.8, 4) is 5.75 Å². The average molecular weight is 339 g/mol. The van der Waals surface area contributed by atoms with Crippen LogP contribution in [0.1, 0.15) is 5.56 Å². The number of hydrogen-bond acceptors (Lipinski definition) is 6. The largest absolute Gasteiger partial charge is 0.495 e. The topological polar surface area (TPSA) is 72.0 Å². The maximum atomic E-state index is 12.9. The molecule has 0 unspecified atom stereocenters. The van der Waals surface area contributed by atoms with Crippen molar-refractivity contribution in [2.45, 2.75) is 6.42 Å². The zero-order valence-electron chi connectivity index (χ0n) is 13.7. The van der Waals surface area contributed by atoms with E-state index in [1.54, 1.807) is 25.4 Å². The van der Waals surface area contributed by atoms with Gasteiger partial charge in [0, 0.05) is 6.54 Å². The summed E-state index contributed by atoms with van der Waals surface area (Å²) in [5, 5.41) is 14.2. The van der Waals surface area contributed by atoms with E-state index in [1.807, 2.05) is 24.3 Å². The molecule has 2 aromatic carbocycles. The van der Waals surface area contributed by atoms with Crippen molar-refractivity contribution in [1.82, 2.24) is 15.2 Å². The van der Waals surface area contributed by atoms with Crippen LogP contribution in [0, 0.1) is 5.82 Å². The van der Waals surface area contributed by atoms with E-state index in [9.17, 15) is 4.39 Å². The van der Waals surface area contributed by atoms with E-state index in [1.165, 1.54) is 12.1 Å². The Morgan fingerprint density at radius 3 is 2.68 bits per heavy atom. The Morgan fingerprint density at radius 1 is 1.08 bits per heavy atom. The van der Waals surface area contributed by atoms with Crippen LogP contribution >= 0.6 is 0 Å². The molecule has 0 radical (unpaired) electrons. The third-order valence-electron chi connectivity index (χ3n) is 3.55. The third kappa shape index (κ3) is 4.63. The number of hydrogen-bond donors (Lipinski definition) is 2. The zero-order valence-corrected chi connectivity index (χ0v) is 13.7. The van der Waals surface area contributed by atoms with E-state index in [0.29, 0.717) is 24.1 Å². The van der Waals surface area contributed by atoms with Gasteiger partial charge >= 0.3 is 0 Å². The highest BCUT2D eigenvalue weighted by Gasteiger charge is 2.05. The van der Waals surface area contributed by atoms with E-state index in [0.717, 1.165) is 17.7 Å². The second-order valence-corrected chi connectivity index (χ2v) is 5.29. The summed E-state index contributed by atoms with van der Waals surface area (Å²) < 4.78 is 18.2. The fraction of sp³-hybridized carbons (Fsp3) is 0.167. The Kier molecular flexibility index (Phi) is 5.36. The molecule has 6 nitrogen and oxygen atoms in total. The van der Waals surface area contributed by atoms with Crippen LogP contribution in [-0.4, -0.2) is 28.8 Å². The molecule has 3 aromatic rings. The predicted octanol–water partition coefficient (Wildman–Crippen LogP) is 3.42. The summed E-state index contributed by atoms with van der Waals surface area (Å²) in [4.78, 5) is 4.38. The fourth-order valence-corrected chi connectivity index (χ4v) is 2.30. The summed E-state index contributed by atoms with van der Waals surface area (Å²) in [6.07, 6.45) is 2.30. The van der Waals surface area contributed by atoms with Gasteiger partial charge in [-0.25, -0.2) is 4.39 Å². The van der Waals surface area contributed by atoms with Crippen molar-refractivity contribution in [1.29, 1.82) is 0 Å². The SMILES string of the molecule is COc1ccccc1Nc1nncc(NCCc2ccc(F)cc2)n1. The van der Waals surface area contributed by atoms with Gasteiger partial charge in [-0.05, 0) is 36.2 Å². The van der Waals surface area contributed by atoms with Gasteiger partial charge < -0.3 is 15.4 Å². The molecule has 0 bridgehead atoms. The molecule has 1 aromatic heterocycles. The number of benzene rings is 2. The molecule has 0 spiro atoms. The van der Waals surface area contributed by atoms with Crippen LogP contribution in [0.5, 0.6) is 5.75 Å². The van der Waals surface area contributed by atoms with Gasteiger partial charge in [-0.1, -0.05) is 24.3 Å². The first-order chi connectivity index (χ1) is 12.2. The number of nitrogens with one attached hydrogen (secondary N) is 2. The summed E-state index contributed by atoms with van der Waals surface area (Å²) in [7, 11) is 1.60. The lowest BCUT2D eigenvalue weighted by atomic mass is 10.1. The normalized spacial score (nSPS) is 10.3. The van der Waals surface area contributed by atoms with Crippen LogP contribution in [0.25, 0.3) is 0 Å². The van der Waals surface area contributed by atoms with Gasteiger partial charge in [-0.15, -0.1) is 5.10 Å². The minimum atomic E-state index is -0.233. The summed E-state index contributed by atoms with van der Waals surface area (Å²) >= 11 is 0. The lowest BCUT2D eigenvalue weighted by molar-refractivity contribution is 0.417. The highest BCUT2D eigenvalue weighted by atomic mass is 19.1. The van der Waals surface area contributed by atoms with E-state index >= 15 is 0 Å². The molecule has 2 N–H and O–H groups in total. The van der Waals surface area contributed by atoms with Gasteiger partial charge in [0.25, 0.3) is 0 Å². The van der Waals surface area contributed by atoms with E-state index in [4.69, 9.17) is 4.74 Å². The van der Waals surface area contributed by atoms with Crippen LogP contribution in [0.2, 0.25) is 0 Å². The minimum Gasteiger partial charge on any atom is -0.495 e. The molecule has 0 fully saturated rings. The molecule has 7 heteroatoms. The number of methoxy groups -OCH3 is 1. The maximum Gasteiger partial charge on any atom is 0.249 e. The average Bonchev–Trinajstić information content (AvgIpc) is 2.64. The molecule has 1 heterocycles. The second-order valence-electron chi connectivity index (χ2n) is 5.29. The molecule has 0 aliphatic carbocycles. The summed E-state index contributed by atoms with van der Waals surface area (Å²) in [5.41, 5.74) is 1.80. The number of aromatic nitrogens is 3. The molecule has 3 rings (SSSR count). The minimum absolute atomic E-state index is 0.233. The first-order valence-electron chi connectivity index (χ1n) is 7.82. The van der Waals surface area contributed by atoms with Gasteiger partial charge in [-0.2, -0.15) is 10.1 Å². The molecule has 128 valence electrons. The predicted molar refractivity (Wildman–Crippen MR) is 94.7 cm³/mol. The van der Waals surface area contributed by atoms with Gasteiger partial charge in [0.2, 0.25) is 5.95 Å². The lowest BCUT2D eigenvalue weighted by Gasteiger charge is -2.10.